The number of aromatic nitrogens is 2. The number of hydrogen-bond acceptors (Lipinski definition) is 5. The summed E-state index contributed by atoms with van der Waals surface area (Å²) in [5.74, 6) is 1.31. The lowest BCUT2D eigenvalue weighted by Crippen LogP contribution is -2.15. The van der Waals surface area contributed by atoms with Crippen molar-refractivity contribution in [2.45, 2.75) is 19.1 Å². The number of phenols is 1. The van der Waals surface area contributed by atoms with Gasteiger partial charge in [0.25, 0.3) is 0 Å². The first-order chi connectivity index (χ1) is 13.9. The van der Waals surface area contributed by atoms with E-state index in [0.717, 1.165) is 28.1 Å². The summed E-state index contributed by atoms with van der Waals surface area (Å²) in [6.07, 6.45) is 0. The van der Waals surface area contributed by atoms with Gasteiger partial charge >= 0.3 is 0 Å². The van der Waals surface area contributed by atoms with Crippen molar-refractivity contribution in [3.05, 3.63) is 63.8 Å². The van der Waals surface area contributed by atoms with Gasteiger partial charge in [0.2, 0.25) is 5.91 Å². The van der Waals surface area contributed by atoms with E-state index in [1.807, 2.05) is 38.1 Å². The molecule has 150 valence electrons. The van der Waals surface area contributed by atoms with E-state index in [9.17, 15) is 9.90 Å². The highest BCUT2D eigenvalue weighted by molar-refractivity contribution is 8.00. The number of rotatable bonds is 3. The highest BCUT2D eigenvalue weighted by Crippen LogP contribution is 2.45. The van der Waals surface area contributed by atoms with Gasteiger partial charge in [-0.1, -0.05) is 23.7 Å². The van der Waals surface area contributed by atoms with Crippen LogP contribution >= 0.6 is 23.4 Å². The SMILES string of the molecule is COc1cc(C2SCC(=O)Nc3c2c(C)nn3-c2ccc(C)c(Cl)c2)ccc1O. The number of thioether (sulfide) groups is 1. The lowest BCUT2D eigenvalue weighted by molar-refractivity contribution is -0.113. The van der Waals surface area contributed by atoms with E-state index in [-0.39, 0.29) is 16.9 Å². The predicted octanol–water partition coefficient (Wildman–Crippen LogP) is 4.63. The molecular formula is C21H20ClN3O3S. The van der Waals surface area contributed by atoms with Crippen LogP contribution in [0.2, 0.25) is 5.02 Å². The molecule has 1 atom stereocenters. The van der Waals surface area contributed by atoms with E-state index in [4.69, 9.17) is 21.4 Å². The zero-order valence-electron chi connectivity index (χ0n) is 16.2. The number of methoxy groups -OCH3 is 1. The first kappa shape index (κ1) is 19.7. The minimum atomic E-state index is -0.145. The van der Waals surface area contributed by atoms with Crippen LogP contribution < -0.4 is 10.1 Å². The van der Waals surface area contributed by atoms with Gasteiger partial charge in [-0.05, 0) is 49.2 Å². The molecule has 1 aliphatic rings. The van der Waals surface area contributed by atoms with Crippen molar-refractivity contribution in [3.63, 3.8) is 0 Å². The Hall–Kier alpha value is -2.64. The molecule has 0 spiro atoms. The molecular weight excluding hydrogens is 410 g/mol. The number of nitrogens with zero attached hydrogens (tertiary/aromatic N) is 2. The van der Waals surface area contributed by atoms with E-state index in [1.165, 1.54) is 18.9 Å². The lowest BCUT2D eigenvalue weighted by Gasteiger charge is -2.17. The smallest absolute Gasteiger partial charge is 0.235 e. The Kier molecular flexibility index (Phi) is 5.19. The maximum absolute atomic E-state index is 12.4. The third-order valence-corrected chi connectivity index (χ3v) is 6.59. The Bertz CT molecular complexity index is 1110. The van der Waals surface area contributed by atoms with Crippen molar-refractivity contribution in [1.29, 1.82) is 0 Å². The summed E-state index contributed by atoms with van der Waals surface area (Å²) in [6.45, 7) is 3.86. The summed E-state index contributed by atoms with van der Waals surface area (Å²) in [7, 11) is 1.51. The maximum Gasteiger partial charge on any atom is 0.235 e. The number of ether oxygens (including phenoxy) is 1. The third-order valence-electron chi connectivity index (χ3n) is 4.91. The monoisotopic (exact) mass is 429 g/mol. The van der Waals surface area contributed by atoms with Gasteiger partial charge in [0.1, 0.15) is 5.82 Å². The van der Waals surface area contributed by atoms with Crippen molar-refractivity contribution in [2.24, 2.45) is 0 Å². The Labute approximate surface area is 177 Å². The summed E-state index contributed by atoms with van der Waals surface area (Å²) in [6, 6.07) is 10.9. The molecule has 29 heavy (non-hydrogen) atoms. The molecule has 0 saturated heterocycles. The fourth-order valence-corrected chi connectivity index (χ4v) is 4.76. The van der Waals surface area contributed by atoms with Crippen molar-refractivity contribution >= 4 is 35.1 Å². The predicted molar refractivity (Wildman–Crippen MR) is 116 cm³/mol. The van der Waals surface area contributed by atoms with Gasteiger partial charge in [0.15, 0.2) is 11.5 Å². The number of halogens is 1. The second-order valence-electron chi connectivity index (χ2n) is 6.86. The number of aromatic hydroxyl groups is 1. The first-order valence-electron chi connectivity index (χ1n) is 9.03. The molecule has 1 aliphatic heterocycles. The topological polar surface area (TPSA) is 76.4 Å². The molecule has 1 amide bonds. The molecule has 0 bridgehead atoms. The van der Waals surface area contributed by atoms with Crippen LogP contribution in [-0.4, -0.2) is 33.7 Å². The number of amides is 1. The van der Waals surface area contributed by atoms with E-state index in [0.29, 0.717) is 22.3 Å². The van der Waals surface area contributed by atoms with Crippen LogP contribution in [0.5, 0.6) is 11.5 Å². The summed E-state index contributed by atoms with van der Waals surface area (Å²) >= 11 is 7.83. The van der Waals surface area contributed by atoms with Gasteiger partial charge in [-0.3, -0.25) is 4.79 Å². The zero-order valence-corrected chi connectivity index (χ0v) is 17.8. The molecule has 3 aromatic rings. The number of aryl methyl sites for hydroxylation is 2. The van der Waals surface area contributed by atoms with Crippen LogP contribution in [0.1, 0.15) is 27.6 Å². The molecule has 0 fully saturated rings. The average Bonchev–Trinajstić information content (AvgIpc) is 2.90. The van der Waals surface area contributed by atoms with Gasteiger partial charge in [-0.25, -0.2) is 4.68 Å². The van der Waals surface area contributed by atoms with Gasteiger partial charge in [-0.2, -0.15) is 5.10 Å². The Balaban J connectivity index is 1.88. The van der Waals surface area contributed by atoms with Crippen LogP contribution in [0.3, 0.4) is 0 Å². The number of fused-ring (bicyclic) bond motifs is 1. The van der Waals surface area contributed by atoms with Crippen LogP contribution in [-0.2, 0) is 4.79 Å². The van der Waals surface area contributed by atoms with Crippen molar-refractivity contribution in [3.8, 4) is 17.2 Å². The van der Waals surface area contributed by atoms with Crippen molar-refractivity contribution in [1.82, 2.24) is 9.78 Å². The highest BCUT2D eigenvalue weighted by atomic mass is 35.5. The molecule has 8 heteroatoms. The van der Waals surface area contributed by atoms with E-state index in [2.05, 4.69) is 5.32 Å². The number of benzene rings is 2. The molecule has 6 nitrogen and oxygen atoms in total. The van der Waals surface area contributed by atoms with E-state index < -0.39 is 0 Å². The number of phenolic OH excluding ortho intramolecular Hbond substituents is 1. The van der Waals surface area contributed by atoms with E-state index in [1.54, 1.807) is 16.8 Å². The van der Waals surface area contributed by atoms with Crippen molar-refractivity contribution in [2.75, 3.05) is 18.2 Å². The second-order valence-corrected chi connectivity index (χ2v) is 8.36. The van der Waals surface area contributed by atoms with Gasteiger partial charge in [0, 0.05) is 10.6 Å². The molecule has 1 unspecified atom stereocenters. The van der Waals surface area contributed by atoms with E-state index >= 15 is 0 Å². The van der Waals surface area contributed by atoms with Crippen LogP contribution in [0.4, 0.5) is 5.82 Å². The fraction of sp³-hybridized carbons (Fsp3) is 0.238. The van der Waals surface area contributed by atoms with Crippen LogP contribution in [0, 0.1) is 13.8 Å². The summed E-state index contributed by atoms with van der Waals surface area (Å²) in [5.41, 5.74) is 4.40. The number of nitrogens with one attached hydrogen (secondary N) is 1. The molecule has 4 rings (SSSR count). The molecule has 2 heterocycles. The fourth-order valence-electron chi connectivity index (χ4n) is 3.40. The van der Waals surface area contributed by atoms with Gasteiger partial charge in [0.05, 0.1) is 29.5 Å². The Morgan fingerprint density at radius 3 is 2.79 bits per heavy atom. The van der Waals surface area contributed by atoms with Crippen molar-refractivity contribution < 1.29 is 14.6 Å². The standard InChI is InChI=1S/C21H20ClN3O3S/c1-11-4-6-14(9-15(11)22)25-21-19(12(2)24-25)20(29-10-18(27)23-21)13-5-7-16(26)17(8-13)28-3/h4-9,20,26H,10H2,1-3H3,(H,23,27). The molecule has 0 saturated carbocycles. The summed E-state index contributed by atoms with van der Waals surface area (Å²) in [4.78, 5) is 12.4. The minimum Gasteiger partial charge on any atom is -0.504 e. The number of anilines is 1. The van der Waals surface area contributed by atoms with Gasteiger partial charge < -0.3 is 15.2 Å². The average molecular weight is 430 g/mol. The number of carbonyl (C=O) groups is 1. The third kappa shape index (κ3) is 3.56. The highest BCUT2D eigenvalue weighted by Gasteiger charge is 2.31. The largest absolute Gasteiger partial charge is 0.504 e. The maximum atomic E-state index is 12.4. The molecule has 2 aromatic carbocycles. The summed E-state index contributed by atoms with van der Waals surface area (Å²) < 4.78 is 7.00. The van der Waals surface area contributed by atoms with Gasteiger partial charge in [-0.15, -0.1) is 11.8 Å². The Morgan fingerprint density at radius 1 is 1.28 bits per heavy atom. The quantitative estimate of drug-likeness (QED) is 0.634. The number of carbonyl (C=O) groups excluding carboxylic acids is 1. The first-order valence-corrected chi connectivity index (χ1v) is 10.5. The molecule has 0 radical (unpaired) electrons. The zero-order chi connectivity index (χ0) is 20.7. The normalized spacial score (nSPS) is 16.1. The number of hydrogen-bond donors (Lipinski definition) is 2. The molecule has 1 aromatic heterocycles. The lowest BCUT2D eigenvalue weighted by atomic mass is 10.0. The van der Waals surface area contributed by atoms with Crippen LogP contribution in [0.25, 0.3) is 5.69 Å². The summed E-state index contributed by atoms with van der Waals surface area (Å²) in [5, 5.41) is 18.1. The molecule has 0 aliphatic carbocycles. The molecule has 2 N–H and O–H groups in total. The Morgan fingerprint density at radius 2 is 2.07 bits per heavy atom. The van der Waals surface area contributed by atoms with Crippen LogP contribution in [0.15, 0.2) is 36.4 Å². The minimum absolute atomic E-state index is 0.0750. The second kappa shape index (κ2) is 7.65.